The lowest BCUT2D eigenvalue weighted by Crippen LogP contribution is -2.37. The van der Waals surface area contributed by atoms with Crippen LogP contribution in [0.5, 0.6) is 5.75 Å². The van der Waals surface area contributed by atoms with Gasteiger partial charge in [-0.05, 0) is 38.0 Å². The van der Waals surface area contributed by atoms with Crippen LogP contribution in [0.2, 0.25) is 0 Å². The Morgan fingerprint density at radius 1 is 1.19 bits per heavy atom. The molecule has 3 rings (SSSR count). The molecule has 1 saturated heterocycles. The molecule has 0 aliphatic carbocycles. The van der Waals surface area contributed by atoms with Gasteiger partial charge in [-0.2, -0.15) is 0 Å². The molecule has 2 amide bonds. The van der Waals surface area contributed by atoms with Gasteiger partial charge in [-0.1, -0.05) is 32.9 Å². The zero-order chi connectivity index (χ0) is 23.5. The molecular weight excluding hydrogens is 404 g/mol. The number of benzene rings is 1. The minimum atomic E-state index is -0.385. The third kappa shape index (κ3) is 5.64. The van der Waals surface area contributed by atoms with Crippen molar-refractivity contribution in [1.29, 1.82) is 0 Å². The van der Waals surface area contributed by atoms with E-state index in [9.17, 15) is 9.59 Å². The number of nitrogens with one attached hydrogen (secondary N) is 1. The number of rotatable bonds is 6. The van der Waals surface area contributed by atoms with Gasteiger partial charge in [0.2, 0.25) is 11.8 Å². The van der Waals surface area contributed by atoms with E-state index in [1.54, 1.807) is 7.11 Å². The zero-order valence-electron chi connectivity index (χ0n) is 20.0. The molecule has 0 spiro atoms. The van der Waals surface area contributed by atoms with E-state index in [4.69, 9.17) is 14.7 Å². The maximum absolute atomic E-state index is 12.6. The highest BCUT2D eigenvalue weighted by molar-refractivity contribution is 5.82. The Balaban J connectivity index is 1.63. The van der Waals surface area contributed by atoms with E-state index in [1.807, 2.05) is 63.8 Å². The molecule has 1 N–H and O–H groups in total. The Labute approximate surface area is 190 Å². The summed E-state index contributed by atoms with van der Waals surface area (Å²) in [7, 11) is 1.62. The van der Waals surface area contributed by atoms with Gasteiger partial charge < -0.3 is 15.0 Å². The molecule has 0 bridgehead atoms. The molecule has 32 heavy (non-hydrogen) atoms. The molecule has 1 aromatic heterocycles. The Morgan fingerprint density at radius 3 is 2.50 bits per heavy atom. The summed E-state index contributed by atoms with van der Waals surface area (Å²) in [5, 5.41) is 2.96. The van der Waals surface area contributed by atoms with E-state index in [0.717, 1.165) is 47.1 Å². The third-order valence-corrected chi connectivity index (χ3v) is 5.88. The Bertz CT molecular complexity index is 974. The van der Waals surface area contributed by atoms with Crippen molar-refractivity contribution in [3.05, 3.63) is 52.6 Å². The van der Waals surface area contributed by atoms with Gasteiger partial charge in [-0.25, -0.2) is 9.97 Å². The van der Waals surface area contributed by atoms with Gasteiger partial charge >= 0.3 is 0 Å². The number of amides is 2. The normalized spacial score (nSPS) is 16.2. The number of aryl methyl sites for hydroxylation is 2. The SMILES string of the molecule is COc1cccc(CNC(=O)Cc2c(C)nc([C@H]3CCN(C(=O)C(C)(C)C)C3)nc2C)c1. The first-order valence-corrected chi connectivity index (χ1v) is 11.1. The average molecular weight is 439 g/mol. The molecule has 1 fully saturated rings. The fourth-order valence-electron chi connectivity index (χ4n) is 4.04. The highest BCUT2D eigenvalue weighted by Crippen LogP contribution is 2.29. The highest BCUT2D eigenvalue weighted by atomic mass is 16.5. The molecule has 0 unspecified atom stereocenters. The van der Waals surface area contributed by atoms with Crippen molar-refractivity contribution in [2.75, 3.05) is 20.2 Å². The number of aromatic nitrogens is 2. The van der Waals surface area contributed by atoms with E-state index >= 15 is 0 Å². The molecule has 1 aliphatic rings. The lowest BCUT2D eigenvalue weighted by molar-refractivity contribution is -0.138. The fraction of sp³-hybridized carbons (Fsp3) is 0.520. The van der Waals surface area contributed by atoms with Gasteiger partial charge in [0.05, 0.1) is 13.5 Å². The van der Waals surface area contributed by atoms with Crippen LogP contribution < -0.4 is 10.1 Å². The number of hydrogen-bond donors (Lipinski definition) is 1. The van der Waals surface area contributed by atoms with Crippen LogP contribution in [0, 0.1) is 19.3 Å². The average Bonchev–Trinajstić information content (AvgIpc) is 3.23. The van der Waals surface area contributed by atoms with Crippen molar-refractivity contribution in [3.63, 3.8) is 0 Å². The van der Waals surface area contributed by atoms with Gasteiger partial charge in [0.15, 0.2) is 0 Å². The van der Waals surface area contributed by atoms with E-state index in [1.165, 1.54) is 0 Å². The molecule has 0 saturated carbocycles. The third-order valence-electron chi connectivity index (χ3n) is 5.88. The molecule has 7 heteroatoms. The molecule has 1 aromatic carbocycles. The second-order valence-corrected chi connectivity index (χ2v) is 9.52. The predicted molar refractivity (Wildman–Crippen MR) is 123 cm³/mol. The van der Waals surface area contributed by atoms with E-state index < -0.39 is 0 Å². The number of methoxy groups -OCH3 is 1. The summed E-state index contributed by atoms with van der Waals surface area (Å²) in [5.74, 6) is 1.76. The van der Waals surface area contributed by atoms with Crippen molar-refractivity contribution >= 4 is 11.8 Å². The van der Waals surface area contributed by atoms with Crippen molar-refractivity contribution in [2.45, 2.75) is 59.9 Å². The van der Waals surface area contributed by atoms with Crippen molar-refractivity contribution < 1.29 is 14.3 Å². The molecule has 1 aliphatic heterocycles. The standard InChI is InChI=1S/C25H34N4O3/c1-16-21(13-22(30)26-14-18-8-7-9-20(12-18)32-6)17(2)28-23(27-16)19-10-11-29(15-19)24(31)25(3,4)5/h7-9,12,19H,10-11,13-15H2,1-6H3,(H,26,30)/t19-/m0/s1. The lowest BCUT2D eigenvalue weighted by Gasteiger charge is -2.25. The second-order valence-electron chi connectivity index (χ2n) is 9.52. The molecule has 1 atom stereocenters. The molecule has 172 valence electrons. The summed E-state index contributed by atoms with van der Waals surface area (Å²) in [6, 6.07) is 7.64. The summed E-state index contributed by atoms with van der Waals surface area (Å²) in [6.07, 6.45) is 1.10. The van der Waals surface area contributed by atoms with E-state index in [0.29, 0.717) is 13.1 Å². The summed E-state index contributed by atoms with van der Waals surface area (Å²) < 4.78 is 5.23. The van der Waals surface area contributed by atoms with Crippen LogP contribution in [-0.4, -0.2) is 46.9 Å². The van der Waals surface area contributed by atoms with Crippen LogP contribution in [-0.2, 0) is 22.6 Å². The monoisotopic (exact) mass is 438 g/mol. The van der Waals surface area contributed by atoms with Gasteiger partial charge in [0.1, 0.15) is 11.6 Å². The van der Waals surface area contributed by atoms with Crippen LogP contribution in [0.15, 0.2) is 24.3 Å². The van der Waals surface area contributed by atoms with Gasteiger partial charge in [-0.15, -0.1) is 0 Å². The Hall–Kier alpha value is -2.96. The smallest absolute Gasteiger partial charge is 0.227 e. The van der Waals surface area contributed by atoms with Crippen LogP contribution in [0.1, 0.15) is 61.4 Å². The minimum absolute atomic E-state index is 0.0711. The van der Waals surface area contributed by atoms with Gasteiger partial charge in [-0.3, -0.25) is 9.59 Å². The lowest BCUT2D eigenvalue weighted by atomic mass is 9.95. The Kier molecular flexibility index (Phi) is 7.16. The van der Waals surface area contributed by atoms with E-state index in [2.05, 4.69) is 5.32 Å². The number of likely N-dealkylation sites (tertiary alicyclic amines) is 1. The Morgan fingerprint density at radius 2 is 1.88 bits per heavy atom. The predicted octanol–water partition coefficient (Wildman–Crippen LogP) is 3.32. The van der Waals surface area contributed by atoms with E-state index in [-0.39, 0.29) is 29.6 Å². The summed E-state index contributed by atoms with van der Waals surface area (Å²) in [5.41, 5.74) is 3.10. The molecule has 0 radical (unpaired) electrons. The molecule has 2 heterocycles. The number of carbonyl (C=O) groups is 2. The van der Waals surface area contributed by atoms with Crippen molar-refractivity contribution in [3.8, 4) is 5.75 Å². The van der Waals surface area contributed by atoms with Gasteiger partial charge in [0.25, 0.3) is 0 Å². The van der Waals surface area contributed by atoms with Crippen LogP contribution >= 0.6 is 0 Å². The number of ether oxygens (including phenoxy) is 1. The summed E-state index contributed by atoms with van der Waals surface area (Å²) in [4.78, 5) is 36.5. The maximum Gasteiger partial charge on any atom is 0.227 e. The van der Waals surface area contributed by atoms with Crippen LogP contribution in [0.3, 0.4) is 0 Å². The molecule has 7 nitrogen and oxygen atoms in total. The number of carbonyl (C=O) groups excluding carboxylic acids is 2. The molecule has 2 aromatic rings. The first-order chi connectivity index (χ1) is 15.1. The summed E-state index contributed by atoms with van der Waals surface area (Å²) >= 11 is 0. The quantitative estimate of drug-likeness (QED) is 0.748. The topological polar surface area (TPSA) is 84.4 Å². The highest BCUT2D eigenvalue weighted by Gasteiger charge is 2.34. The first kappa shape index (κ1) is 23.7. The fourth-order valence-corrected chi connectivity index (χ4v) is 4.04. The number of nitrogens with zero attached hydrogens (tertiary/aromatic N) is 3. The first-order valence-electron chi connectivity index (χ1n) is 11.1. The minimum Gasteiger partial charge on any atom is -0.497 e. The van der Waals surface area contributed by atoms with Crippen LogP contribution in [0.4, 0.5) is 0 Å². The number of hydrogen-bond acceptors (Lipinski definition) is 5. The largest absolute Gasteiger partial charge is 0.497 e. The van der Waals surface area contributed by atoms with Crippen molar-refractivity contribution in [2.24, 2.45) is 5.41 Å². The second kappa shape index (κ2) is 9.67. The summed E-state index contributed by atoms with van der Waals surface area (Å²) in [6.45, 7) is 11.5. The van der Waals surface area contributed by atoms with Gasteiger partial charge in [0, 0.05) is 47.9 Å². The van der Waals surface area contributed by atoms with Crippen molar-refractivity contribution in [1.82, 2.24) is 20.2 Å². The molecular formula is C25H34N4O3. The zero-order valence-corrected chi connectivity index (χ0v) is 20.0. The maximum atomic E-state index is 12.6. The van der Waals surface area contributed by atoms with Crippen LogP contribution in [0.25, 0.3) is 0 Å².